The van der Waals surface area contributed by atoms with Crippen molar-refractivity contribution in [3.63, 3.8) is 0 Å². The number of rotatable bonds is 13. The first kappa shape index (κ1) is 25.6. The van der Waals surface area contributed by atoms with Gasteiger partial charge < -0.3 is 20.1 Å². The number of hydrogen-bond donors (Lipinski definition) is 3. The van der Waals surface area contributed by atoms with Crippen molar-refractivity contribution in [2.75, 3.05) is 0 Å². The summed E-state index contributed by atoms with van der Waals surface area (Å²) in [7, 11) is 0. The van der Waals surface area contributed by atoms with Gasteiger partial charge in [-0.3, -0.25) is 4.79 Å². The number of unbranched alkanes of at least 4 members (excludes halogenated alkanes) is 1. The molecule has 1 aromatic rings. The molecule has 1 aliphatic rings. The molecule has 0 aromatic heterocycles. The van der Waals surface area contributed by atoms with Crippen molar-refractivity contribution in [3.05, 3.63) is 48.0 Å². The van der Waals surface area contributed by atoms with Crippen LogP contribution in [0.25, 0.3) is 0 Å². The van der Waals surface area contributed by atoms with E-state index in [0.29, 0.717) is 38.5 Å². The Morgan fingerprint density at radius 3 is 2.52 bits per heavy atom. The van der Waals surface area contributed by atoms with Crippen molar-refractivity contribution in [2.24, 2.45) is 11.8 Å². The molecule has 5 nitrogen and oxygen atoms in total. The number of benzene rings is 1. The lowest BCUT2D eigenvalue weighted by Gasteiger charge is -2.23. The lowest BCUT2D eigenvalue weighted by molar-refractivity contribution is -0.147. The van der Waals surface area contributed by atoms with Gasteiger partial charge in [0, 0.05) is 6.42 Å². The number of aryl methyl sites for hydroxylation is 1. The highest BCUT2D eigenvalue weighted by Gasteiger charge is 2.40. The summed E-state index contributed by atoms with van der Waals surface area (Å²) in [5.41, 5.74) is 1.22. The Labute approximate surface area is 187 Å². The van der Waals surface area contributed by atoms with Gasteiger partial charge in [-0.15, -0.1) is 0 Å². The van der Waals surface area contributed by atoms with Crippen LogP contribution in [0.4, 0.5) is 0 Å². The molecule has 1 aromatic carbocycles. The summed E-state index contributed by atoms with van der Waals surface area (Å²) in [4.78, 5) is 11.5. The van der Waals surface area contributed by atoms with Crippen LogP contribution in [0.5, 0.6) is 0 Å². The predicted molar refractivity (Wildman–Crippen MR) is 122 cm³/mol. The first-order valence-corrected chi connectivity index (χ1v) is 11.8. The van der Waals surface area contributed by atoms with Crippen molar-refractivity contribution in [1.29, 1.82) is 0 Å². The Morgan fingerprint density at radius 1 is 1.10 bits per heavy atom. The molecule has 174 valence electrons. The number of aliphatic hydroxyl groups is 3. The van der Waals surface area contributed by atoms with Gasteiger partial charge in [0.1, 0.15) is 0 Å². The van der Waals surface area contributed by atoms with E-state index in [2.05, 4.69) is 18.2 Å². The van der Waals surface area contributed by atoms with Crippen LogP contribution in [0.1, 0.15) is 70.8 Å². The van der Waals surface area contributed by atoms with Crippen LogP contribution in [0.3, 0.4) is 0 Å². The number of carbonyl (C=O) groups is 1. The molecule has 1 saturated carbocycles. The van der Waals surface area contributed by atoms with Crippen LogP contribution >= 0.6 is 0 Å². The minimum atomic E-state index is -0.513. The van der Waals surface area contributed by atoms with Crippen LogP contribution in [-0.2, 0) is 16.0 Å². The van der Waals surface area contributed by atoms with Gasteiger partial charge in [0.15, 0.2) is 0 Å². The molecular formula is C26H40O5. The van der Waals surface area contributed by atoms with Gasteiger partial charge in [-0.05, 0) is 82.6 Å². The number of carbonyl (C=O) groups excluding carboxylic acids is 1. The Balaban J connectivity index is 1.70. The van der Waals surface area contributed by atoms with E-state index in [4.69, 9.17) is 4.74 Å². The molecule has 0 spiro atoms. The molecule has 0 aliphatic heterocycles. The Morgan fingerprint density at radius 2 is 1.81 bits per heavy atom. The smallest absolute Gasteiger partial charge is 0.306 e. The molecule has 0 unspecified atom stereocenters. The summed E-state index contributed by atoms with van der Waals surface area (Å²) in [6.45, 7) is 3.69. The molecule has 0 bridgehead atoms. The van der Waals surface area contributed by atoms with E-state index in [1.54, 1.807) is 0 Å². The maximum atomic E-state index is 11.5. The molecule has 0 heterocycles. The van der Waals surface area contributed by atoms with Gasteiger partial charge in [0.2, 0.25) is 0 Å². The Bertz CT molecular complexity index is 657. The second-order valence-electron chi connectivity index (χ2n) is 9.09. The second-order valence-corrected chi connectivity index (χ2v) is 9.09. The number of allylic oxidation sites excluding steroid dienone is 2. The summed E-state index contributed by atoms with van der Waals surface area (Å²) in [5.74, 6) is -0.144. The van der Waals surface area contributed by atoms with Gasteiger partial charge in [-0.25, -0.2) is 0 Å². The van der Waals surface area contributed by atoms with E-state index in [0.717, 1.165) is 19.3 Å². The maximum Gasteiger partial charge on any atom is 0.306 e. The third-order valence-electron chi connectivity index (χ3n) is 6.16. The van der Waals surface area contributed by atoms with Crippen LogP contribution in [0.2, 0.25) is 0 Å². The maximum absolute atomic E-state index is 11.5. The van der Waals surface area contributed by atoms with Crippen molar-refractivity contribution < 1.29 is 24.9 Å². The fourth-order valence-corrected chi connectivity index (χ4v) is 4.47. The molecule has 5 atom stereocenters. The van der Waals surface area contributed by atoms with Crippen molar-refractivity contribution in [2.45, 2.75) is 96.1 Å². The Hall–Kier alpha value is -1.69. The van der Waals surface area contributed by atoms with Gasteiger partial charge >= 0.3 is 5.97 Å². The van der Waals surface area contributed by atoms with Gasteiger partial charge in [-0.1, -0.05) is 42.5 Å². The standard InChI is InChI=1S/C26H40O5/c1-19(2)31-26(30)13-9-4-3-8-12-22-23(25(29)18-24(22)28)17-16-21(27)15-14-20-10-6-5-7-11-20/h3,5-8,10-11,19,21-25,27-29H,4,9,12-18H2,1-2H3/b8-3+/t21-,22+,23-,24-,25+/m0/s1. The van der Waals surface area contributed by atoms with E-state index in [1.165, 1.54) is 5.56 Å². The van der Waals surface area contributed by atoms with Gasteiger partial charge in [-0.2, -0.15) is 0 Å². The van der Waals surface area contributed by atoms with E-state index < -0.39 is 18.3 Å². The molecule has 0 saturated heterocycles. The third-order valence-corrected chi connectivity index (χ3v) is 6.16. The Kier molecular flexibility index (Phi) is 11.3. The monoisotopic (exact) mass is 432 g/mol. The third kappa shape index (κ3) is 9.55. The molecule has 0 amide bonds. The number of esters is 1. The summed E-state index contributed by atoms with van der Waals surface area (Å²) in [6, 6.07) is 10.1. The minimum Gasteiger partial charge on any atom is -0.463 e. The zero-order chi connectivity index (χ0) is 22.6. The predicted octanol–water partition coefficient (Wildman–Crippen LogP) is 4.19. The van der Waals surface area contributed by atoms with Crippen LogP contribution in [0, 0.1) is 11.8 Å². The second kappa shape index (κ2) is 13.7. The average molecular weight is 433 g/mol. The minimum absolute atomic E-state index is 0.00652. The van der Waals surface area contributed by atoms with Crippen LogP contribution < -0.4 is 0 Å². The highest BCUT2D eigenvalue weighted by molar-refractivity contribution is 5.69. The quantitative estimate of drug-likeness (QED) is 0.247. The molecule has 3 N–H and O–H groups in total. The average Bonchev–Trinajstić information content (AvgIpc) is 3.00. The summed E-state index contributed by atoms with van der Waals surface area (Å²) < 4.78 is 5.12. The van der Waals surface area contributed by atoms with E-state index in [-0.39, 0.29) is 23.9 Å². The zero-order valence-corrected chi connectivity index (χ0v) is 19.0. The van der Waals surface area contributed by atoms with Crippen LogP contribution in [0.15, 0.2) is 42.5 Å². The van der Waals surface area contributed by atoms with Gasteiger partial charge in [0.05, 0.1) is 24.4 Å². The van der Waals surface area contributed by atoms with E-state index in [1.807, 2.05) is 38.1 Å². The molecule has 1 fully saturated rings. The summed E-state index contributed by atoms with van der Waals surface area (Å²) >= 11 is 0. The van der Waals surface area contributed by atoms with E-state index >= 15 is 0 Å². The lowest BCUT2D eigenvalue weighted by Crippen LogP contribution is -2.23. The highest BCUT2D eigenvalue weighted by atomic mass is 16.5. The summed E-state index contributed by atoms with van der Waals surface area (Å²) in [5, 5.41) is 31.2. The first-order chi connectivity index (χ1) is 14.9. The molecule has 31 heavy (non-hydrogen) atoms. The largest absolute Gasteiger partial charge is 0.463 e. The topological polar surface area (TPSA) is 87.0 Å². The first-order valence-electron chi connectivity index (χ1n) is 11.8. The number of aliphatic hydroxyl groups excluding tert-OH is 3. The van der Waals surface area contributed by atoms with Gasteiger partial charge in [0.25, 0.3) is 0 Å². The fraction of sp³-hybridized carbons (Fsp3) is 0.654. The summed E-state index contributed by atoms with van der Waals surface area (Å²) in [6.07, 6.45) is 8.58. The van der Waals surface area contributed by atoms with E-state index in [9.17, 15) is 20.1 Å². The molecular weight excluding hydrogens is 392 g/mol. The van der Waals surface area contributed by atoms with Crippen molar-refractivity contribution in [1.82, 2.24) is 0 Å². The lowest BCUT2D eigenvalue weighted by atomic mass is 9.85. The molecule has 5 heteroatoms. The van der Waals surface area contributed by atoms with Crippen LogP contribution in [-0.4, -0.2) is 45.7 Å². The SMILES string of the molecule is CC(C)OC(=O)CCC/C=C/C[C@@H]1[C@H](CC[C@@H](O)CCc2ccccc2)[C@H](O)C[C@@H]1O. The fourth-order valence-electron chi connectivity index (χ4n) is 4.47. The molecule has 0 radical (unpaired) electrons. The zero-order valence-electron chi connectivity index (χ0n) is 19.0. The van der Waals surface area contributed by atoms with Crippen molar-refractivity contribution >= 4 is 5.97 Å². The number of ether oxygens (including phenoxy) is 1. The normalized spacial score (nSPS) is 24.7. The number of hydrogen-bond acceptors (Lipinski definition) is 5. The highest BCUT2D eigenvalue weighted by Crippen LogP contribution is 2.38. The molecule has 1 aliphatic carbocycles. The van der Waals surface area contributed by atoms with Crippen molar-refractivity contribution in [3.8, 4) is 0 Å². The molecule has 2 rings (SSSR count).